The van der Waals surface area contributed by atoms with Crippen LogP contribution in [0.4, 0.5) is 4.39 Å². The lowest BCUT2D eigenvalue weighted by Gasteiger charge is -2.31. The van der Waals surface area contributed by atoms with Crippen LogP contribution in [0.5, 0.6) is 0 Å². The number of carbonyl (C=O) groups is 2. The number of halogens is 2. The van der Waals surface area contributed by atoms with E-state index >= 15 is 0 Å². The Morgan fingerprint density at radius 3 is 2.68 bits per heavy atom. The zero-order valence-corrected chi connectivity index (χ0v) is 15.7. The van der Waals surface area contributed by atoms with Gasteiger partial charge in [0.05, 0.1) is 18.4 Å². The number of nitrogens with zero attached hydrogens (tertiary/aromatic N) is 2. The average molecular weight is 458 g/mol. The van der Waals surface area contributed by atoms with Crippen molar-refractivity contribution in [2.45, 2.75) is 18.8 Å². The molecule has 0 spiro atoms. The van der Waals surface area contributed by atoms with Gasteiger partial charge in [0.1, 0.15) is 5.82 Å². The van der Waals surface area contributed by atoms with E-state index in [1.54, 1.807) is 11.0 Å². The van der Waals surface area contributed by atoms with Crippen molar-refractivity contribution in [3.05, 3.63) is 50.7 Å². The number of hydrogen-bond donors (Lipinski definition) is 0. The highest BCUT2D eigenvalue weighted by Gasteiger charge is 2.28. The summed E-state index contributed by atoms with van der Waals surface area (Å²) in [6.07, 6.45) is 1.44. The van der Waals surface area contributed by atoms with Crippen LogP contribution >= 0.6 is 22.6 Å². The fourth-order valence-electron chi connectivity index (χ4n) is 2.89. The van der Waals surface area contributed by atoms with Crippen LogP contribution < -0.4 is 0 Å². The molecule has 1 fully saturated rings. The van der Waals surface area contributed by atoms with Crippen LogP contribution in [0.1, 0.15) is 45.4 Å². The Hall–Kier alpha value is -1.97. The number of likely N-dealkylation sites (tertiary alicyclic amines) is 1. The van der Waals surface area contributed by atoms with Gasteiger partial charge in [0.2, 0.25) is 5.76 Å². The highest BCUT2D eigenvalue weighted by atomic mass is 127. The second-order valence-electron chi connectivity index (χ2n) is 5.80. The summed E-state index contributed by atoms with van der Waals surface area (Å²) in [5.41, 5.74) is 1.21. The topological polar surface area (TPSA) is 72.6 Å². The van der Waals surface area contributed by atoms with E-state index in [9.17, 15) is 14.0 Å². The zero-order valence-electron chi connectivity index (χ0n) is 13.5. The highest BCUT2D eigenvalue weighted by Crippen LogP contribution is 2.29. The smallest absolute Gasteiger partial charge is 0.376 e. The summed E-state index contributed by atoms with van der Waals surface area (Å²) in [4.78, 5) is 25.8. The van der Waals surface area contributed by atoms with Crippen molar-refractivity contribution in [3.63, 3.8) is 0 Å². The van der Waals surface area contributed by atoms with Crippen LogP contribution in [0, 0.1) is 9.39 Å². The molecule has 1 aromatic heterocycles. The molecule has 1 saturated heterocycles. The Balaban J connectivity index is 1.64. The first-order chi connectivity index (χ1) is 12.0. The molecule has 8 heteroatoms. The maximum atomic E-state index is 13.2. The van der Waals surface area contributed by atoms with Gasteiger partial charge in [-0.25, -0.2) is 9.18 Å². The first-order valence-electron chi connectivity index (χ1n) is 7.79. The third-order valence-corrected chi connectivity index (χ3v) is 5.17. The minimum atomic E-state index is -0.558. The Labute approximate surface area is 157 Å². The average Bonchev–Trinajstić information content (AvgIpc) is 3.11. The lowest BCUT2D eigenvalue weighted by molar-refractivity contribution is 0.0553. The summed E-state index contributed by atoms with van der Waals surface area (Å²) < 4.78 is 23.4. The molecule has 2 aromatic rings. The standard InChI is InChI=1S/C17H16FIN2O4/c1-24-17(23)15-9-14(20-25-15)10-4-6-21(7-5-10)16(22)12-3-2-11(18)8-13(12)19/h2-3,8-10H,4-7H2,1H3. The van der Waals surface area contributed by atoms with Crippen LogP contribution in [-0.4, -0.2) is 42.1 Å². The Morgan fingerprint density at radius 1 is 1.32 bits per heavy atom. The van der Waals surface area contributed by atoms with E-state index in [1.165, 1.54) is 25.3 Å². The van der Waals surface area contributed by atoms with Gasteiger partial charge in [-0.1, -0.05) is 5.16 Å². The summed E-state index contributed by atoms with van der Waals surface area (Å²) in [6, 6.07) is 5.76. The maximum absolute atomic E-state index is 13.2. The van der Waals surface area contributed by atoms with E-state index in [-0.39, 0.29) is 23.4 Å². The lowest BCUT2D eigenvalue weighted by Crippen LogP contribution is -2.38. The molecule has 0 unspecified atom stereocenters. The molecular formula is C17H16FIN2O4. The second kappa shape index (κ2) is 7.51. The number of benzene rings is 1. The Bertz CT molecular complexity index is 800. The summed E-state index contributed by atoms with van der Waals surface area (Å²) >= 11 is 1.97. The van der Waals surface area contributed by atoms with Gasteiger partial charge >= 0.3 is 5.97 Å². The fraction of sp³-hybridized carbons (Fsp3) is 0.353. The molecule has 6 nitrogen and oxygen atoms in total. The van der Waals surface area contributed by atoms with Crippen LogP contribution in [0.2, 0.25) is 0 Å². The second-order valence-corrected chi connectivity index (χ2v) is 6.96. The van der Waals surface area contributed by atoms with Gasteiger partial charge in [0.15, 0.2) is 0 Å². The number of ether oxygens (including phenoxy) is 1. The number of esters is 1. The van der Waals surface area contributed by atoms with Crippen molar-refractivity contribution in [2.75, 3.05) is 20.2 Å². The molecule has 0 aliphatic carbocycles. The molecule has 132 valence electrons. The first-order valence-corrected chi connectivity index (χ1v) is 8.86. The molecule has 2 heterocycles. The van der Waals surface area contributed by atoms with E-state index in [1.807, 2.05) is 22.6 Å². The zero-order chi connectivity index (χ0) is 18.0. The van der Waals surface area contributed by atoms with E-state index < -0.39 is 5.97 Å². The molecule has 0 bridgehead atoms. The van der Waals surface area contributed by atoms with Crippen LogP contribution in [0.3, 0.4) is 0 Å². The van der Waals surface area contributed by atoms with Crippen molar-refractivity contribution in [1.29, 1.82) is 0 Å². The summed E-state index contributed by atoms with van der Waals surface area (Å²) in [5, 5.41) is 3.94. The lowest BCUT2D eigenvalue weighted by atomic mass is 9.93. The molecule has 1 aliphatic rings. The van der Waals surface area contributed by atoms with Gasteiger partial charge < -0.3 is 14.2 Å². The van der Waals surface area contributed by atoms with Gasteiger partial charge in [0, 0.05) is 28.6 Å². The molecule has 1 amide bonds. The van der Waals surface area contributed by atoms with Gasteiger partial charge in [-0.3, -0.25) is 4.79 Å². The third kappa shape index (κ3) is 3.83. The van der Waals surface area contributed by atoms with E-state index in [0.29, 0.717) is 27.9 Å². The number of piperidine rings is 1. The number of hydrogen-bond acceptors (Lipinski definition) is 5. The van der Waals surface area contributed by atoms with Gasteiger partial charge in [-0.2, -0.15) is 0 Å². The third-order valence-electron chi connectivity index (χ3n) is 4.28. The molecule has 0 radical (unpaired) electrons. The predicted molar refractivity (Wildman–Crippen MR) is 94.8 cm³/mol. The van der Waals surface area contributed by atoms with Crippen molar-refractivity contribution >= 4 is 34.5 Å². The van der Waals surface area contributed by atoms with Crippen molar-refractivity contribution in [3.8, 4) is 0 Å². The highest BCUT2D eigenvalue weighted by molar-refractivity contribution is 14.1. The molecule has 0 N–H and O–H groups in total. The largest absolute Gasteiger partial charge is 0.463 e. The minimum Gasteiger partial charge on any atom is -0.463 e. The molecule has 25 heavy (non-hydrogen) atoms. The normalized spacial score (nSPS) is 15.2. The van der Waals surface area contributed by atoms with Crippen molar-refractivity contribution < 1.29 is 23.2 Å². The van der Waals surface area contributed by atoms with Gasteiger partial charge in [-0.15, -0.1) is 0 Å². The van der Waals surface area contributed by atoms with Crippen molar-refractivity contribution in [1.82, 2.24) is 10.1 Å². The summed E-state index contributed by atoms with van der Waals surface area (Å²) in [5.74, 6) is -0.807. The first kappa shape index (κ1) is 17.8. The number of aromatic nitrogens is 1. The maximum Gasteiger partial charge on any atom is 0.376 e. The van der Waals surface area contributed by atoms with Crippen LogP contribution in [0.15, 0.2) is 28.8 Å². The van der Waals surface area contributed by atoms with Gasteiger partial charge in [-0.05, 0) is 53.6 Å². The molecule has 3 rings (SSSR count). The monoisotopic (exact) mass is 458 g/mol. The molecule has 1 aromatic carbocycles. The minimum absolute atomic E-state index is 0.0804. The Morgan fingerprint density at radius 2 is 2.04 bits per heavy atom. The summed E-state index contributed by atoms with van der Waals surface area (Å²) in [6.45, 7) is 1.13. The Kier molecular flexibility index (Phi) is 5.36. The predicted octanol–water partition coefficient (Wildman–Crippen LogP) is 3.22. The molecule has 1 aliphatic heterocycles. The number of rotatable bonds is 3. The van der Waals surface area contributed by atoms with Crippen LogP contribution in [0.25, 0.3) is 0 Å². The summed E-state index contributed by atoms with van der Waals surface area (Å²) in [7, 11) is 1.28. The molecular weight excluding hydrogens is 442 g/mol. The van der Waals surface area contributed by atoms with Gasteiger partial charge in [0.25, 0.3) is 5.91 Å². The quantitative estimate of drug-likeness (QED) is 0.522. The molecule has 0 atom stereocenters. The van der Waals surface area contributed by atoms with Crippen molar-refractivity contribution in [2.24, 2.45) is 0 Å². The number of methoxy groups -OCH3 is 1. The number of carbonyl (C=O) groups excluding carboxylic acids is 2. The number of amides is 1. The van der Waals surface area contributed by atoms with E-state index in [2.05, 4.69) is 9.89 Å². The van der Waals surface area contributed by atoms with Crippen LogP contribution in [-0.2, 0) is 4.74 Å². The SMILES string of the molecule is COC(=O)c1cc(C2CCN(C(=O)c3ccc(F)cc3I)CC2)no1. The van der Waals surface area contributed by atoms with E-state index in [0.717, 1.165) is 12.8 Å². The van der Waals surface area contributed by atoms with E-state index in [4.69, 9.17) is 4.52 Å². The fourth-order valence-corrected chi connectivity index (χ4v) is 3.60. The molecule has 0 saturated carbocycles.